The van der Waals surface area contributed by atoms with E-state index in [-0.39, 0.29) is 51.4 Å². The van der Waals surface area contributed by atoms with Crippen molar-refractivity contribution in [1.29, 1.82) is 0 Å². The fourth-order valence-corrected chi connectivity index (χ4v) is 12.6. The summed E-state index contributed by atoms with van der Waals surface area (Å²) in [6.07, 6.45) is 6.00. The number of unbranched alkanes of at least 4 members (excludes halogenated alkanes) is 8. The van der Waals surface area contributed by atoms with Crippen molar-refractivity contribution in [3.05, 3.63) is 0 Å². The van der Waals surface area contributed by atoms with Gasteiger partial charge in [-0.15, -0.1) is 0 Å². The first kappa shape index (κ1) is 60.9. The van der Waals surface area contributed by atoms with Crippen molar-refractivity contribution < 1.29 is 72.4 Å². The summed E-state index contributed by atoms with van der Waals surface area (Å²) in [6, 6.07) is 0. The van der Waals surface area contributed by atoms with Gasteiger partial charge in [0.15, 0.2) is 23.1 Å². The second-order valence-electron chi connectivity index (χ2n) is 18.2. The Morgan fingerprint density at radius 2 is 0.443 bits per heavy atom. The minimum atomic E-state index is -5.80. The molecule has 0 aliphatic rings. The Balaban J connectivity index is 9.03. The molecule has 0 saturated heterocycles. The Hall–Kier alpha value is -0.0600. The van der Waals surface area contributed by atoms with Crippen LogP contribution in [-0.2, 0) is 31.5 Å². The van der Waals surface area contributed by atoms with Gasteiger partial charge in [-0.3, -0.25) is 18.1 Å². The van der Waals surface area contributed by atoms with Crippen LogP contribution in [0, 0.1) is 0 Å². The highest BCUT2D eigenvalue weighted by molar-refractivity contribution is 7.62. The number of phosphoric acid groups is 2. The van der Waals surface area contributed by atoms with Crippen molar-refractivity contribution in [3.8, 4) is 0 Å². The molecule has 8 N–H and O–H groups in total. The van der Waals surface area contributed by atoms with E-state index in [0.29, 0.717) is 103 Å². The fraction of sp³-hybridized carbons (Fsp3) is 1.00. The van der Waals surface area contributed by atoms with Crippen molar-refractivity contribution in [1.82, 2.24) is 0 Å². The molecule has 0 aromatic carbocycles. The Kier molecular flexibility index (Phi) is 26.3. The lowest BCUT2D eigenvalue weighted by molar-refractivity contribution is -0.286. The third-order valence-electron chi connectivity index (χ3n) is 12.3. The molecule has 0 aliphatic heterocycles. The van der Waals surface area contributed by atoms with E-state index in [1.807, 2.05) is 55.4 Å². The summed E-state index contributed by atoms with van der Waals surface area (Å²) in [7, 11) is -11.6. The van der Waals surface area contributed by atoms with E-state index in [9.17, 15) is 40.9 Å². The summed E-state index contributed by atoms with van der Waals surface area (Å²) in [4.78, 5) is 0. The van der Waals surface area contributed by atoms with Gasteiger partial charge in [-0.05, 0) is 79.1 Å². The molecule has 0 radical (unpaired) electrons. The highest BCUT2D eigenvalue weighted by atomic mass is 31.3. The largest absolute Gasteiger partial charge is 0.485 e. The van der Waals surface area contributed by atoms with E-state index in [0.717, 1.165) is 27.7 Å². The standard InChI is InChI=1S/C44H92O15P2/c1-13-21-29-41(30-22-14-2,37(9,45)46)55-60(53,56-42(31-23-15-3,32-24-16-4)38(10,47)48)59-61(54,57-43(33-25-17-5,34-26-18-6)39(11,49)50)58-44(35-27-19-7,36-28-20-8)40(12,51)52/h45-52H,13-36H2,1-12H3. The zero-order valence-corrected chi connectivity index (χ0v) is 42.1. The van der Waals surface area contributed by atoms with Gasteiger partial charge in [-0.25, -0.2) is 9.13 Å². The van der Waals surface area contributed by atoms with Gasteiger partial charge >= 0.3 is 15.6 Å². The van der Waals surface area contributed by atoms with E-state index in [1.165, 1.54) is 0 Å². The van der Waals surface area contributed by atoms with Gasteiger partial charge in [-0.1, -0.05) is 158 Å². The molecule has 61 heavy (non-hydrogen) atoms. The van der Waals surface area contributed by atoms with Crippen molar-refractivity contribution >= 4 is 15.6 Å². The van der Waals surface area contributed by atoms with Crippen LogP contribution in [0.3, 0.4) is 0 Å². The SMILES string of the molecule is CCCCC(CCCC)(OP(=O)(OC(CCCC)(CCCC)C(C)(O)O)OP(=O)(OC(CCCC)(CCCC)C(C)(O)O)OC(CCCC)(CCCC)C(C)(O)O)C(C)(O)O. The molecular formula is C44H92O15P2. The quantitative estimate of drug-likeness (QED) is 0.0212. The molecule has 17 heteroatoms. The van der Waals surface area contributed by atoms with Crippen molar-refractivity contribution in [2.75, 3.05) is 0 Å². The number of aliphatic hydroxyl groups is 8. The number of hydrogen-bond donors (Lipinski definition) is 8. The third-order valence-corrected chi connectivity index (χ3v) is 16.2. The Labute approximate surface area is 369 Å². The highest BCUT2D eigenvalue weighted by Gasteiger charge is 2.63. The maximum absolute atomic E-state index is 16.2. The lowest BCUT2D eigenvalue weighted by Gasteiger charge is -2.49. The predicted octanol–water partition coefficient (Wildman–Crippen LogP) is 10.6. The van der Waals surface area contributed by atoms with Crippen LogP contribution in [0.1, 0.15) is 237 Å². The van der Waals surface area contributed by atoms with Crippen LogP contribution in [0.15, 0.2) is 0 Å². The maximum atomic E-state index is 16.2. The number of rotatable bonds is 38. The molecule has 0 heterocycles. The lowest BCUT2D eigenvalue weighted by Crippen LogP contribution is -2.57. The molecule has 0 aliphatic carbocycles. The molecule has 0 amide bonds. The third kappa shape index (κ3) is 17.9. The molecule has 0 aromatic rings. The Morgan fingerprint density at radius 3 is 0.541 bits per heavy atom. The van der Waals surface area contributed by atoms with Crippen molar-refractivity contribution in [3.63, 3.8) is 0 Å². The van der Waals surface area contributed by atoms with Crippen LogP contribution >= 0.6 is 15.6 Å². The normalized spacial score (nSPS) is 14.6. The summed E-state index contributed by atoms with van der Waals surface area (Å²) < 4.78 is 64.4. The zero-order chi connectivity index (χ0) is 47.5. The molecule has 0 fully saturated rings. The Morgan fingerprint density at radius 1 is 0.311 bits per heavy atom. The first-order valence-electron chi connectivity index (χ1n) is 23.6. The van der Waals surface area contributed by atoms with Gasteiger partial charge in [-0.2, -0.15) is 4.31 Å². The van der Waals surface area contributed by atoms with Crippen LogP contribution in [-0.4, -0.2) is 86.4 Å². The summed E-state index contributed by atoms with van der Waals surface area (Å²) in [5, 5.41) is 92.8. The summed E-state index contributed by atoms with van der Waals surface area (Å²) in [5.74, 6) is -11.0. The summed E-state index contributed by atoms with van der Waals surface area (Å²) >= 11 is 0. The van der Waals surface area contributed by atoms with Gasteiger partial charge in [0.1, 0.15) is 22.4 Å². The van der Waals surface area contributed by atoms with Gasteiger partial charge in [0.25, 0.3) is 0 Å². The van der Waals surface area contributed by atoms with Crippen LogP contribution in [0.25, 0.3) is 0 Å². The minimum Gasteiger partial charge on any atom is -0.364 e. The summed E-state index contributed by atoms with van der Waals surface area (Å²) in [6.45, 7) is 19.2. The molecule has 0 atom stereocenters. The molecule has 15 nitrogen and oxygen atoms in total. The van der Waals surface area contributed by atoms with Gasteiger partial charge in [0, 0.05) is 0 Å². The lowest BCUT2D eigenvalue weighted by atomic mass is 9.84. The molecule has 0 bridgehead atoms. The molecular weight excluding hydrogens is 830 g/mol. The zero-order valence-electron chi connectivity index (χ0n) is 40.3. The van der Waals surface area contributed by atoms with Crippen LogP contribution in [0.2, 0.25) is 0 Å². The van der Waals surface area contributed by atoms with E-state index in [2.05, 4.69) is 0 Å². The highest BCUT2D eigenvalue weighted by Crippen LogP contribution is 2.74. The summed E-state index contributed by atoms with van der Waals surface area (Å²) in [5.41, 5.74) is -8.63. The molecule has 0 saturated carbocycles. The number of phosphoric ester groups is 2. The van der Waals surface area contributed by atoms with E-state index >= 15 is 9.13 Å². The van der Waals surface area contributed by atoms with Crippen molar-refractivity contribution in [2.45, 2.75) is 283 Å². The molecule has 0 aromatic heterocycles. The fourth-order valence-electron chi connectivity index (χ4n) is 7.89. The smallest absolute Gasteiger partial charge is 0.364 e. The van der Waals surface area contributed by atoms with Gasteiger partial charge in [0.05, 0.1) is 0 Å². The molecule has 368 valence electrons. The van der Waals surface area contributed by atoms with Gasteiger partial charge in [0.2, 0.25) is 0 Å². The van der Waals surface area contributed by atoms with Crippen LogP contribution in [0.4, 0.5) is 0 Å². The van der Waals surface area contributed by atoms with E-state index in [4.69, 9.17) is 22.4 Å². The molecule has 0 rings (SSSR count). The monoisotopic (exact) mass is 923 g/mol. The molecule has 0 spiro atoms. The molecule has 0 unspecified atom stereocenters. The number of hydrogen-bond acceptors (Lipinski definition) is 15. The van der Waals surface area contributed by atoms with Crippen molar-refractivity contribution in [2.24, 2.45) is 0 Å². The second kappa shape index (κ2) is 26.3. The van der Waals surface area contributed by atoms with Gasteiger partial charge < -0.3 is 40.9 Å². The Bertz CT molecular complexity index is 1070. The van der Waals surface area contributed by atoms with Crippen LogP contribution < -0.4 is 0 Å². The minimum absolute atomic E-state index is 0.118. The average Bonchev–Trinajstić information content (AvgIpc) is 3.14. The second-order valence-corrected chi connectivity index (χ2v) is 21.4. The van der Waals surface area contributed by atoms with E-state index in [1.54, 1.807) is 0 Å². The first-order valence-corrected chi connectivity index (χ1v) is 26.5. The maximum Gasteiger partial charge on any atom is 0.485 e. The predicted molar refractivity (Wildman–Crippen MR) is 239 cm³/mol. The topological polar surface area (TPSA) is 242 Å². The van der Waals surface area contributed by atoms with E-state index < -0.39 is 61.2 Å². The average molecular weight is 923 g/mol. The van der Waals surface area contributed by atoms with Crippen LogP contribution in [0.5, 0.6) is 0 Å². The first-order chi connectivity index (χ1) is 28.0.